The minimum absolute atomic E-state index is 0.198. The van der Waals surface area contributed by atoms with Gasteiger partial charge in [0.25, 0.3) is 11.8 Å². The summed E-state index contributed by atoms with van der Waals surface area (Å²) in [5.41, 5.74) is 5.30. The molecule has 3 aromatic rings. The predicted octanol–water partition coefficient (Wildman–Crippen LogP) is 4.04. The van der Waals surface area contributed by atoms with E-state index in [2.05, 4.69) is 15.8 Å². The summed E-state index contributed by atoms with van der Waals surface area (Å²) < 4.78 is 15.7. The quantitative estimate of drug-likeness (QED) is 0.401. The van der Waals surface area contributed by atoms with E-state index in [0.717, 1.165) is 11.1 Å². The summed E-state index contributed by atoms with van der Waals surface area (Å²) in [4.78, 5) is 25.6. The van der Waals surface area contributed by atoms with Gasteiger partial charge in [0.1, 0.15) is 5.75 Å². The number of nitrogens with zero attached hydrogens (tertiary/aromatic N) is 1. The van der Waals surface area contributed by atoms with Crippen LogP contribution in [-0.2, 0) is 0 Å². The average Bonchev–Trinajstić information content (AvgIpc) is 2.84. The average molecular weight is 447 g/mol. The van der Waals surface area contributed by atoms with E-state index in [4.69, 9.17) is 14.2 Å². The lowest BCUT2D eigenvalue weighted by Crippen LogP contribution is -2.21. The first kappa shape index (κ1) is 23.3. The van der Waals surface area contributed by atoms with Crippen LogP contribution in [0.1, 0.15) is 31.8 Å². The lowest BCUT2D eigenvalue weighted by molar-refractivity contribution is 0.0955. The van der Waals surface area contributed by atoms with Crippen LogP contribution in [0.3, 0.4) is 0 Å². The van der Waals surface area contributed by atoms with Gasteiger partial charge in [-0.25, -0.2) is 5.43 Å². The fourth-order valence-electron chi connectivity index (χ4n) is 3.00. The Bertz CT molecular complexity index is 1170. The number of amides is 2. The highest BCUT2D eigenvalue weighted by atomic mass is 16.5. The van der Waals surface area contributed by atoms with Crippen LogP contribution < -0.4 is 25.0 Å². The molecule has 0 spiro atoms. The summed E-state index contributed by atoms with van der Waals surface area (Å²) in [5, 5.41) is 6.77. The van der Waals surface area contributed by atoms with Gasteiger partial charge in [-0.1, -0.05) is 29.8 Å². The summed E-state index contributed by atoms with van der Waals surface area (Å²) in [6, 6.07) is 17.3. The van der Waals surface area contributed by atoms with Crippen LogP contribution in [0.15, 0.2) is 65.8 Å². The van der Waals surface area contributed by atoms with Crippen molar-refractivity contribution in [2.45, 2.75) is 6.92 Å². The molecule has 0 heterocycles. The zero-order valence-corrected chi connectivity index (χ0v) is 18.8. The molecular weight excluding hydrogens is 422 g/mol. The summed E-state index contributed by atoms with van der Waals surface area (Å²) in [5.74, 6) is 0.471. The van der Waals surface area contributed by atoms with Crippen LogP contribution in [0.4, 0.5) is 5.69 Å². The normalized spacial score (nSPS) is 10.5. The zero-order chi connectivity index (χ0) is 23.8. The highest BCUT2D eigenvalue weighted by Crippen LogP contribution is 2.28. The molecule has 170 valence electrons. The molecule has 0 radical (unpaired) electrons. The van der Waals surface area contributed by atoms with Crippen LogP contribution in [-0.4, -0.2) is 39.4 Å². The van der Waals surface area contributed by atoms with Crippen molar-refractivity contribution in [3.63, 3.8) is 0 Å². The maximum atomic E-state index is 12.8. The molecule has 0 saturated heterocycles. The molecule has 0 bridgehead atoms. The Labute approximate surface area is 192 Å². The van der Waals surface area contributed by atoms with E-state index in [1.807, 2.05) is 31.2 Å². The summed E-state index contributed by atoms with van der Waals surface area (Å²) in [7, 11) is 4.50. The zero-order valence-electron chi connectivity index (χ0n) is 18.8. The lowest BCUT2D eigenvalue weighted by Gasteiger charge is -2.13. The molecule has 0 aliphatic carbocycles. The molecule has 0 aliphatic heterocycles. The minimum atomic E-state index is -0.500. The van der Waals surface area contributed by atoms with Gasteiger partial charge in [-0.2, -0.15) is 5.10 Å². The molecule has 2 amide bonds. The Morgan fingerprint density at radius 1 is 0.818 bits per heavy atom. The summed E-state index contributed by atoms with van der Waals surface area (Å²) in [6.07, 6.45) is 1.54. The topological polar surface area (TPSA) is 98.3 Å². The van der Waals surface area contributed by atoms with Crippen molar-refractivity contribution < 1.29 is 23.8 Å². The number of carbonyl (C=O) groups is 2. The van der Waals surface area contributed by atoms with Gasteiger partial charge >= 0.3 is 0 Å². The predicted molar refractivity (Wildman–Crippen MR) is 127 cm³/mol. The van der Waals surface area contributed by atoms with E-state index >= 15 is 0 Å². The summed E-state index contributed by atoms with van der Waals surface area (Å²) in [6.45, 7) is 1.99. The van der Waals surface area contributed by atoms with Crippen molar-refractivity contribution in [2.75, 3.05) is 26.6 Å². The van der Waals surface area contributed by atoms with E-state index in [-0.39, 0.29) is 5.56 Å². The molecule has 2 N–H and O–H groups in total. The molecular formula is C25H25N3O5. The third-order valence-corrected chi connectivity index (χ3v) is 4.82. The first-order valence-electron chi connectivity index (χ1n) is 10.1. The number of carbonyl (C=O) groups excluding carboxylic acids is 2. The number of hydrogen-bond acceptors (Lipinski definition) is 6. The smallest absolute Gasteiger partial charge is 0.273 e. The highest BCUT2D eigenvalue weighted by Gasteiger charge is 2.17. The van der Waals surface area contributed by atoms with Crippen molar-refractivity contribution in [3.05, 3.63) is 82.9 Å². The number of rotatable bonds is 8. The van der Waals surface area contributed by atoms with Gasteiger partial charge in [-0.05, 0) is 48.9 Å². The fraction of sp³-hybridized carbons (Fsp3) is 0.160. The number of hydrazone groups is 1. The first-order valence-corrected chi connectivity index (χ1v) is 10.1. The molecule has 33 heavy (non-hydrogen) atoms. The second-order valence-corrected chi connectivity index (χ2v) is 7.05. The molecule has 0 unspecified atom stereocenters. The third kappa shape index (κ3) is 5.88. The van der Waals surface area contributed by atoms with Crippen LogP contribution in [0.5, 0.6) is 17.2 Å². The summed E-state index contributed by atoms with van der Waals surface area (Å²) >= 11 is 0. The molecule has 0 fully saturated rings. The largest absolute Gasteiger partial charge is 0.497 e. The number of nitrogens with one attached hydrogen (secondary N) is 2. The molecule has 0 saturated carbocycles. The lowest BCUT2D eigenvalue weighted by atomic mass is 10.1. The first-order chi connectivity index (χ1) is 15.9. The van der Waals surface area contributed by atoms with E-state index in [0.29, 0.717) is 28.5 Å². The second kappa shape index (κ2) is 10.8. The van der Waals surface area contributed by atoms with E-state index in [9.17, 15) is 9.59 Å². The Morgan fingerprint density at radius 2 is 1.55 bits per heavy atom. The molecule has 0 aromatic heterocycles. The monoisotopic (exact) mass is 447 g/mol. The SMILES string of the molecule is COc1ccc(NC(=O)c2ccc(OC)c(OC)c2)c(C(=O)N/N=C/c2ccc(C)cc2)c1. The van der Waals surface area contributed by atoms with Gasteiger partial charge < -0.3 is 19.5 Å². The third-order valence-electron chi connectivity index (χ3n) is 4.82. The van der Waals surface area contributed by atoms with Gasteiger partial charge in [0.2, 0.25) is 0 Å². The molecule has 8 nitrogen and oxygen atoms in total. The van der Waals surface area contributed by atoms with Crippen LogP contribution in [0.25, 0.3) is 0 Å². The molecule has 3 aromatic carbocycles. The number of hydrogen-bond donors (Lipinski definition) is 2. The van der Waals surface area contributed by atoms with Crippen molar-refractivity contribution in [1.82, 2.24) is 5.43 Å². The minimum Gasteiger partial charge on any atom is -0.497 e. The van der Waals surface area contributed by atoms with E-state index in [1.165, 1.54) is 27.4 Å². The fourth-order valence-corrected chi connectivity index (χ4v) is 3.00. The van der Waals surface area contributed by atoms with Gasteiger partial charge in [0.15, 0.2) is 11.5 Å². The Morgan fingerprint density at radius 3 is 2.21 bits per heavy atom. The van der Waals surface area contributed by atoms with Gasteiger partial charge in [0, 0.05) is 5.56 Å². The second-order valence-electron chi connectivity index (χ2n) is 7.05. The molecule has 0 aliphatic rings. The molecule has 3 rings (SSSR count). The van der Waals surface area contributed by atoms with Gasteiger partial charge in [-0.3, -0.25) is 9.59 Å². The van der Waals surface area contributed by atoms with E-state index in [1.54, 1.807) is 36.5 Å². The number of aryl methyl sites for hydroxylation is 1. The number of anilines is 1. The van der Waals surface area contributed by atoms with Crippen molar-refractivity contribution in [2.24, 2.45) is 5.10 Å². The van der Waals surface area contributed by atoms with E-state index < -0.39 is 11.8 Å². The highest BCUT2D eigenvalue weighted by molar-refractivity contribution is 6.09. The van der Waals surface area contributed by atoms with Gasteiger partial charge in [0.05, 0.1) is 38.8 Å². The number of methoxy groups -OCH3 is 3. The van der Waals surface area contributed by atoms with Crippen LogP contribution in [0, 0.1) is 6.92 Å². The van der Waals surface area contributed by atoms with Crippen molar-refractivity contribution in [1.29, 1.82) is 0 Å². The Hall–Kier alpha value is -4.33. The van der Waals surface area contributed by atoms with Gasteiger partial charge in [-0.15, -0.1) is 0 Å². The number of benzene rings is 3. The van der Waals surface area contributed by atoms with Crippen LogP contribution in [0.2, 0.25) is 0 Å². The maximum Gasteiger partial charge on any atom is 0.273 e. The standard InChI is InChI=1S/C25H25N3O5/c1-16-5-7-17(8-6-16)15-26-28-25(30)20-14-19(31-2)10-11-21(20)27-24(29)18-9-12-22(32-3)23(13-18)33-4/h5-15H,1-4H3,(H,27,29)(H,28,30)/b26-15+. The van der Waals surface area contributed by atoms with Crippen LogP contribution >= 0.6 is 0 Å². The Kier molecular flexibility index (Phi) is 7.64. The molecule has 8 heteroatoms. The van der Waals surface area contributed by atoms with Crippen molar-refractivity contribution >= 4 is 23.7 Å². The number of ether oxygens (including phenoxy) is 3. The van der Waals surface area contributed by atoms with Crippen molar-refractivity contribution in [3.8, 4) is 17.2 Å². The Balaban J connectivity index is 1.80. The molecule has 0 atom stereocenters. The maximum absolute atomic E-state index is 12.8.